The molecule has 0 bridgehead atoms. The molecule has 1 aromatic heterocycles. The van der Waals surface area contributed by atoms with Crippen molar-refractivity contribution in [2.45, 2.75) is 179 Å². The standard InChI is InChI=1S/C53H78ClN5O15/c1-15-38-53(10,66)43(62)28(4)40(60)26(2)24-51(8,67-13)44(73-49-41(61)37(59(11)12)22-27(3)69-49)29(5)42(30(6)48(64)71-38)72-39-25-52(9,68-14)45(31(7)70-39)74-50(65)58-57-47(63)32-20-21-35-36(23-32)56-46(55-35)33-18-16-17-19-34(33)54/h16-21,23,26-31,37-39,41-45,49,61-62,66H,15,22,24-25H2,1-14H3,(H,55,56)(H,57,63)(H,58,65)/t26-,27-,28+,29+,30-,31+,37+,38-,39+,41-,42+,43-,44-,45+,49+,51+,52-,53-/m1/s1. The number of carbonyl (C=O) groups excluding carboxylic acids is 4. The van der Waals surface area contributed by atoms with Crippen LogP contribution in [0.3, 0.4) is 0 Å². The van der Waals surface area contributed by atoms with Crippen molar-refractivity contribution in [1.82, 2.24) is 25.7 Å². The maximum atomic E-state index is 14.6. The number of nitrogens with zero attached hydrogens (tertiary/aromatic N) is 2. The van der Waals surface area contributed by atoms with Gasteiger partial charge >= 0.3 is 12.1 Å². The van der Waals surface area contributed by atoms with Crippen molar-refractivity contribution < 1.29 is 72.4 Å². The largest absolute Gasteiger partial charge is 0.459 e. The zero-order valence-corrected chi connectivity index (χ0v) is 45.8. The Kier molecular flexibility index (Phi) is 19.1. The average Bonchev–Trinajstić information content (AvgIpc) is 3.79. The number of cyclic esters (lactones) is 1. The molecule has 2 aromatic carbocycles. The topological polar surface area (TPSA) is 259 Å². The van der Waals surface area contributed by atoms with Crippen molar-refractivity contribution in [3.05, 3.63) is 53.1 Å². The van der Waals surface area contributed by atoms with Gasteiger partial charge in [-0.15, -0.1) is 0 Å². The van der Waals surface area contributed by atoms with Crippen LogP contribution in [0.2, 0.25) is 5.02 Å². The lowest BCUT2D eigenvalue weighted by Crippen LogP contribution is -2.62. The number of methoxy groups -OCH3 is 2. The lowest BCUT2D eigenvalue weighted by Gasteiger charge is -2.50. The third-order valence-corrected chi connectivity index (χ3v) is 15.9. The summed E-state index contributed by atoms with van der Waals surface area (Å²) >= 11 is 6.38. The van der Waals surface area contributed by atoms with Crippen molar-refractivity contribution in [3.8, 4) is 11.4 Å². The summed E-state index contributed by atoms with van der Waals surface area (Å²) in [5.41, 5.74) is 2.10. The highest BCUT2D eigenvalue weighted by molar-refractivity contribution is 6.33. The maximum absolute atomic E-state index is 14.6. The third-order valence-electron chi connectivity index (χ3n) is 15.6. The monoisotopic (exact) mass is 1060 g/mol. The van der Waals surface area contributed by atoms with Crippen LogP contribution in [0.1, 0.15) is 105 Å². The summed E-state index contributed by atoms with van der Waals surface area (Å²) in [6, 6.07) is 11.7. The van der Waals surface area contributed by atoms with Crippen LogP contribution in [-0.2, 0) is 47.5 Å². The van der Waals surface area contributed by atoms with Gasteiger partial charge in [-0.2, -0.15) is 0 Å². The van der Waals surface area contributed by atoms with Gasteiger partial charge < -0.3 is 63.1 Å². The minimum absolute atomic E-state index is 0.0415. The van der Waals surface area contributed by atoms with Crippen LogP contribution in [0.4, 0.5) is 4.79 Å². The Morgan fingerprint density at radius 3 is 2.20 bits per heavy atom. The van der Waals surface area contributed by atoms with E-state index in [9.17, 15) is 34.5 Å². The first-order valence-corrected chi connectivity index (χ1v) is 25.8. The molecule has 6 N–H and O–H groups in total. The van der Waals surface area contributed by atoms with Crippen molar-refractivity contribution in [3.63, 3.8) is 0 Å². The average molecular weight is 1060 g/mol. The smallest absolute Gasteiger partial charge is 0.426 e. The van der Waals surface area contributed by atoms with Crippen LogP contribution in [0.25, 0.3) is 22.4 Å². The summed E-state index contributed by atoms with van der Waals surface area (Å²) in [7, 11) is 6.63. The fraction of sp³-hybridized carbons (Fsp3) is 0.679. The number of likely N-dealkylation sites (N-methyl/N-ethyl adjacent to an activating group) is 1. The van der Waals surface area contributed by atoms with E-state index < -0.39 is 114 Å². The molecule has 3 aliphatic heterocycles. The summed E-state index contributed by atoms with van der Waals surface area (Å²) in [5, 5.41) is 35.7. The number of rotatable bonds is 11. The Morgan fingerprint density at radius 2 is 1.57 bits per heavy atom. The van der Waals surface area contributed by atoms with Crippen LogP contribution in [0, 0.1) is 23.7 Å². The number of carbonyl (C=O) groups is 4. The number of aliphatic hydroxyl groups is 3. The molecule has 4 heterocycles. The number of aliphatic hydroxyl groups excluding tert-OH is 2. The summed E-state index contributed by atoms with van der Waals surface area (Å²) < 4.78 is 50.9. The molecule has 3 aliphatic rings. The first-order valence-electron chi connectivity index (χ1n) is 25.4. The Labute approximate surface area is 438 Å². The van der Waals surface area contributed by atoms with E-state index in [0.29, 0.717) is 33.9 Å². The van der Waals surface area contributed by atoms with Crippen LogP contribution in [0.5, 0.6) is 0 Å². The van der Waals surface area contributed by atoms with Gasteiger partial charge in [-0.1, -0.05) is 51.4 Å². The van der Waals surface area contributed by atoms with Crippen molar-refractivity contribution in [2.75, 3.05) is 28.3 Å². The number of hydrazine groups is 1. The quantitative estimate of drug-likeness (QED) is 0.0992. The molecule has 0 radical (unpaired) electrons. The first-order chi connectivity index (χ1) is 34.7. The highest BCUT2D eigenvalue weighted by Gasteiger charge is 2.55. The van der Waals surface area contributed by atoms with E-state index in [4.69, 9.17) is 49.5 Å². The molecule has 0 aliphatic carbocycles. The first kappa shape index (κ1) is 58.9. The van der Waals surface area contributed by atoms with Gasteiger partial charge in [0.05, 0.1) is 58.1 Å². The molecule has 0 spiro atoms. The van der Waals surface area contributed by atoms with Gasteiger partial charge in [0.2, 0.25) is 0 Å². The summed E-state index contributed by atoms with van der Waals surface area (Å²) in [6.07, 6.45) is -11.2. The second kappa shape index (κ2) is 23.9. The molecular formula is C53H78ClN5O15. The van der Waals surface area contributed by atoms with Gasteiger partial charge in [-0.25, -0.2) is 15.2 Å². The number of esters is 1. The van der Waals surface area contributed by atoms with Crippen molar-refractivity contribution >= 4 is 46.4 Å². The van der Waals surface area contributed by atoms with E-state index in [1.54, 1.807) is 72.7 Å². The summed E-state index contributed by atoms with van der Waals surface area (Å²) in [5.74, 6) is -5.07. The predicted octanol–water partition coefficient (Wildman–Crippen LogP) is 5.72. The number of benzene rings is 2. The number of halogens is 1. The number of amides is 2. The third kappa shape index (κ3) is 12.6. The van der Waals surface area contributed by atoms with E-state index >= 15 is 0 Å². The van der Waals surface area contributed by atoms with Crippen LogP contribution < -0.4 is 10.9 Å². The molecule has 3 fully saturated rings. The molecule has 0 unspecified atom stereocenters. The molecule has 0 saturated carbocycles. The fourth-order valence-corrected chi connectivity index (χ4v) is 11.3. The number of hydrogen-bond donors (Lipinski definition) is 6. The van der Waals surface area contributed by atoms with Crippen LogP contribution >= 0.6 is 11.6 Å². The number of H-pyrrole nitrogens is 1. The number of aromatic amines is 1. The number of Topliss-reactive ketones (excluding diaryl/α,β-unsaturated/α-hetero) is 1. The summed E-state index contributed by atoms with van der Waals surface area (Å²) in [4.78, 5) is 65.2. The minimum Gasteiger partial charge on any atom is -0.459 e. The maximum Gasteiger partial charge on any atom is 0.426 e. The molecular weight excluding hydrogens is 982 g/mol. The SMILES string of the molecule is CC[C@H]1OC(=O)[C@H](C)[C@@H](O[C@H]2C[C@@](C)(OC)[C@@H](OC(=O)NNC(=O)c3ccc4nc(-c5ccccc5Cl)[nH]c4c3)[C@H](C)O2)[C@H](C)[C@@H](O[C@@H]2O[C@H](C)C[C@H](N(C)C)[C@H]2O)[C@@](C)(OC)C[C@@H](C)C(=O)[C@H](C)[C@@H](O)[C@]1(C)O. The van der Waals surface area contributed by atoms with E-state index in [2.05, 4.69) is 20.8 Å². The lowest BCUT2D eigenvalue weighted by atomic mass is 9.74. The summed E-state index contributed by atoms with van der Waals surface area (Å²) in [6.45, 7) is 16.7. The van der Waals surface area contributed by atoms with Gasteiger partial charge in [0.25, 0.3) is 5.91 Å². The van der Waals surface area contributed by atoms with Gasteiger partial charge in [0, 0.05) is 55.6 Å². The Bertz CT molecular complexity index is 2440. The number of fused-ring (bicyclic) bond motifs is 1. The predicted molar refractivity (Wildman–Crippen MR) is 272 cm³/mol. The number of hydrogen-bond acceptors (Lipinski definition) is 17. The zero-order valence-electron chi connectivity index (χ0n) is 45.0. The van der Waals surface area contributed by atoms with Crippen molar-refractivity contribution in [1.29, 1.82) is 0 Å². The molecule has 3 aromatic rings. The van der Waals surface area contributed by atoms with Gasteiger partial charge in [-0.05, 0) is 105 Å². The van der Waals surface area contributed by atoms with Gasteiger partial charge in [0.1, 0.15) is 35.0 Å². The normalized spacial score (nSPS) is 37.7. The second-order valence-electron chi connectivity index (χ2n) is 21.4. The molecule has 412 valence electrons. The Balaban J connectivity index is 1.26. The number of ketones is 1. The van der Waals surface area contributed by atoms with E-state index in [-0.39, 0.29) is 42.8 Å². The number of ether oxygens (including phenoxy) is 8. The van der Waals surface area contributed by atoms with Crippen LogP contribution in [-0.4, -0.2) is 167 Å². The Hall–Kier alpha value is -4.32. The van der Waals surface area contributed by atoms with E-state index in [1.807, 2.05) is 44.1 Å². The molecule has 21 heteroatoms. The zero-order chi connectivity index (χ0) is 54.8. The van der Waals surface area contributed by atoms with Gasteiger partial charge in [-0.3, -0.25) is 19.8 Å². The highest BCUT2D eigenvalue weighted by atomic mass is 35.5. The van der Waals surface area contributed by atoms with Crippen molar-refractivity contribution in [2.24, 2.45) is 23.7 Å². The number of aromatic nitrogens is 2. The molecule has 6 rings (SSSR count). The molecule has 20 nitrogen and oxygen atoms in total. The van der Waals surface area contributed by atoms with Crippen LogP contribution in [0.15, 0.2) is 42.5 Å². The van der Waals surface area contributed by atoms with E-state index in [0.717, 1.165) is 0 Å². The molecule has 2 amide bonds. The highest BCUT2D eigenvalue weighted by Crippen LogP contribution is 2.42. The van der Waals surface area contributed by atoms with Gasteiger partial charge in [0.15, 0.2) is 18.7 Å². The minimum atomic E-state index is -2.04. The number of imidazole rings is 1. The number of nitrogens with one attached hydrogen (secondary N) is 3. The molecule has 74 heavy (non-hydrogen) atoms. The lowest BCUT2D eigenvalue weighted by molar-refractivity contribution is -0.319. The molecule has 18 atom stereocenters. The Morgan fingerprint density at radius 1 is 0.905 bits per heavy atom. The fourth-order valence-electron chi connectivity index (χ4n) is 11.0. The second-order valence-corrected chi connectivity index (χ2v) is 21.8. The molecule has 3 saturated heterocycles. The van der Waals surface area contributed by atoms with E-state index in [1.165, 1.54) is 28.1 Å².